The van der Waals surface area contributed by atoms with E-state index in [-0.39, 0.29) is 11.3 Å². The van der Waals surface area contributed by atoms with Crippen LogP contribution < -0.4 is 0 Å². The van der Waals surface area contributed by atoms with Crippen LogP contribution in [0.3, 0.4) is 0 Å². The number of halogens is 1. The SMILES string of the molecule is O=C1C(=O)N(CN2CCOCC2)[C@@H](c2ccc(Br)cc2)C1=C(O)c1ccccc1. The standard InChI is InChI=1S/C22H21BrN2O4/c23-17-8-6-15(7-9-17)19-18(20(26)16-4-2-1-3-5-16)21(27)22(28)25(19)14-24-10-12-29-13-11-24/h1-9,19,26H,10-14H2/t19-/m0/s1. The van der Waals surface area contributed by atoms with E-state index >= 15 is 0 Å². The van der Waals surface area contributed by atoms with Crippen LogP contribution >= 0.6 is 15.9 Å². The minimum atomic E-state index is -0.660. The predicted octanol–water partition coefficient (Wildman–Crippen LogP) is 3.16. The van der Waals surface area contributed by atoms with Gasteiger partial charge in [-0.15, -0.1) is 0 Å². The van der Waals surface area contributed by atoms with Gasteiger partial charge >= 0.3 is 0 Å². The first-order chi connectivity index (χ1) is 14.1. The number of hydrogen-bond donors (Lipinski definition) is 1. The number of carbonyl (C=O) groups excluding carboxylic acids is 2. The van der Waals surface area contributed by atoms with Gasteiger partial charge in [-0.25, -0.2) is 0 Å². The fourth-order valence-electron chi connectivity index (χ4n) is 3.73. The molecule has 2 aliphatic rings. The highest BCUT2D eigenvalue weighted by Gasteiger charge is 2.46. The molecule has 0 spiro atoms. The highest BCUT2D eigenvalue weighted by Crippen LogP contribution is 2.39. The summed E-state index contributed by atoms with van der Waals surface area (Å²) in [6.07, 6.45) is 0. The molecule has 2 aliphatic heterocycles. The van der Waals surface area contributed by atoms with Crippen molar-refractivity contribution >= 4 is 33.4 Å². The fraction of sp³-hybridized carbons (Fsp3) is 0.273. The van der Waals surface area contributed by atoms with E-state index in [1.807, 2.05) is 30.3 Å². The van der Waals surface area contributed by atoms with Crippen LogP contribution in [0.2, 0.25) is 0 Å². The van der Waals surface area contributed by atoms with E-state index in [9.17, 15) is 14.7 Å². The summed E-state index contributed by atoms with van der Waals surface area (Å²) in [5, 5.41) is 11.0. The first-order valence-electron chi connectivity index (χ1n) is 9.45. The molecule has 0 aliphatic carbocycles. The number of ether oxygens (including phenoxy) is 1. The molecule has 29 heavy (non-hydrogen) atoms. The van der Waals surface area contributed by atoms with E-state index in [0.29, 0.717) is 38.5 Å². The molecule has 2 heterocycles. The number of aliphatic hydroxyl groups excluding tert-OH is 1. The zero-order valence-corrected chi connectivity index (χ0v) is 17.3. The average molecular weight is 457 g/mol. The number of likely N-dealkylation sites (tertiary alicyclic amines) is 1. The number of amides is 1. The Labute approximate surface area is 177 Å². The van der Waals surface area contributed by atoms with Gasteiger partial charge in [0.05, 0.1) is 31.5 Å². The van der Waals surface area contributed by atoms with Crippen molar-refractivity contribution < 1.29 is 19.4 Å². The van der Waals surface area contributed by atoms with Crippen molar-refractivity contribution in [1.82, 2.24) is 9.80 Å². The van der Waals surface area contributed by atoms with E-state index in [1.54, 1.807) is 29.2 Å². The van der Waals surface area contributed by atoms with Gasteiger partial charge in [0.25, 0.3) is 11.7 Å². The topological polar surface area (TPSA) is 70.1 Å². The van der Waals surface area contributed by atoms with Gasteiger partial charge in [-0.3, -0.25) is 14.5 Å². The molecular formula is C22H21BrN2O4. The van der Waals surface area contributed by atoms with E-state index in [0.717, 1.165) is 10.0 Å². The van der Waals surface area contributed by atoms with Gasteiger partial charge in [0.1, 0.15) is 5.76 Å². The highest BCUT2D eigenvalue weighted by atomic mass is 79.9. The van der Waals surface area contributed by atoms with E-state index in [1.165, 1.54) is 0 Å². The Bertz CT molecular complexity index is 937. The van der Waals surface area contributed by atoms with Crippen LogP contribution in [0.1, 0.15) is 17.2 Å². The number of hydrogen-bond acceptors (Lipinski definition) is 5. The van der Waals surface area contributed by atoms with Crippen LogP contribution in [0, 0.1) is 0 Å². The Kier molecular flexibility index (Phi) is 5.80. The predicted molar refractivity (Wildman–Crippen MR) is 112 cm³/mol. The molecule has 0 bridgehead atoms. The van der Waals surface area contributed by atoms with Crippen LogP contribution in [0.5, 0.6) is 0 Å². The maximum atomic E-state index is 13.0. The molecule has 1 N–H and O–H groups in total. The third-order valence-electron chi connectivity index (χ3n) is 5.23. The molecule has 1 amide bonds. The second-order valence-corrected chi connectivity index (χ2v) is 7.97. The van der Waals surface area contributed by atoms with Crippen LogP contribution in [-0.2, 0) is 14.3 Å². The lowest BCUT2D eigenvalue weighted by Crippen LogP contribution is -2.45. The zero-order chi connectivity index (χ0) is 20.4. The zero-order valence-electron chi connectivity index (χ0n) is 15.8. The largest absolute Gasteiger partial charge is 0.507 e. The van der Waals surface area contributed by atoms with Crippen molar-refractivity contribution in [3.63, 3.8) is 0 Å². The lowest BCUT2D eigenvalue weighted by atomic mass is 9.95. The third-order valence-corrected chi connectivity index (χ3v) is 5.76. The van der Waals surface area contributed by atoms with Gasteiger partial charge in [-0.05, 0) is 17.7 Å². The van der Waals surface area contributed by atoms with Crippen LogP contribution in [0.15, 0.2) is 64.6 Å². The van der Waals surface area contributed by atoms with Crippen molar-refractivity contribution in [2.75, 3.05) is 33.0 Å². The number of aliphatic hydroxyl groups is 1. The molecule has 7 heteroatoms. The molecule has 2 saturated heterocycles. The molecule has 2 aromatic carbocycles. The lowest BCUT2D eigenvalue weighted by Gasteiger charge is -2.33. The quantitative estimate of drug-likeness (QED) is 0.434. The molecule has 0 aromatic heterocycles. The number of nitrogens with zero attached hydrogens (tertiary/aromatic N) is 2. The van der Waals surface area contributed by atoms with Crippen molar-refractivity contribution in [2.45, 2.75) is 6.04 Å². The molecule has 1 atom stereocenters. The van der Waals surface area contributed by atoms with E-state index < -0.39 is 17.7 Å². The monoisotopic (exact) mass is 456 g/mol. The van der Waals surface area contributed by atoms with Crippen molar-refractivity contribution in [3.05, 3.63) is 75.8 Å². The van der Waals surface area contributed by atoms with Crippen molar-refractivity contribution in [3.8, 4) is 0 Å². The summed E-state index contributed by atoms with van der Waals surface area (Å²) in [5.74, 6) is -1.41. The molecule has 150 valence electrons. The summed E-state index contributed by atoms with van der Waals surface area (Å²) in [6.45, 7) is 2.87. The number of carbonyl (C=O) groups is 2. The van der Waals surface area contributed by atoms with Gasteiger partial charge in [0, 0.05) is 23.1 Å². The fourth-order valence-corrected chi connectivity index (χ4v) is 3.99. The minimum absolute atomic E-state index is 0.122. The molecule has 4 rings (SSSR count). The first kappa shape index (κ1) is 19.8. The van der Waals surface area contributed by atoms with Gasteiger partial charge < -0.3 is 14.7 Å². The number of rotatable bonds is 4. The van der Waals surface area contributed by atoms with Crippen LogP contribution in [-0.4, -0.2) is 59.6 Å². The Hall–Kier alpha value is -2.48. The second-order valence-electron chi connectivity index (χ2n) is 7.06. The Morgan fingerprint density at radius 1 is 1.03 bits per heavy atom. The average Bonchev–Trinajstić information content (AvgIpc) is 3.00. The van der Waals surface area contributed by atoms with Gasteiger partial charge in [0.2, 0.25) is 0 Å². The lowest BCUT2D eigenvalue weighted by molar-refractivity contribution is -0.141. The Balaban J connectivity index is 1.79. The van der Waals surface area contributed by atoms with Crippen molar-refractivity contribution in [2.24, 2.45) is 0 Å². The number of benzene rings is 2. The van der Waals surface area contributed by atoms with Gasteiger partial charge in [-0.1, -0.05) is 58.4 Å². The Morgan fingerprint density at radius 3 is 2.34 bits per heavy atom. The number of morpholine rings is 1. The summed E-state index contributed by atoms with van der Waals surface area (Å²) in [4.78, 5) is 29.5. The van der Waals surface area contributed by atoms with Gasteiger partial charge in [-0.2, -0.15) is 0 Å². The third kappa shape index (κ3) is 3.99. The molecule has 0 radical (unpaired) electrons. The summed E-state index contributed by atoms with van der Waals surface area (Å²) in [7, 11) is 0. The maximum Gasteiger partial charge on any atom is 0.296 e. The molecule has 2 fully saturated rings. The molecular weight excluding hydrogens is 436 g/mol. The summed E-state index contributed by atoms with van der Waals surface area (Å²) >= 11 is 3.42. The second kappa shape index (κ2) is 8.49. The minimum Gasteiger partial charge on any atom is -0.507 e. The Morgan fingerprint density at radius 2 is 1.69 bits per heavy atom. The maximum absolute atomic E-state index is 13.0. The molecule has 0 saturated carbocycles. The number of Topliss-reactive ketones (excluding diaryl/α,β-unsaturated/α-hetero) is 1. The molecule has 2 aromatic rings. The van der Waals surface area contributed by atoms with Crippen molar-refractivity contribution in [1.29, 1.82) is 0 Å². The number of ketones is 1. The van der Waals surface area contributed by atoms with E-state index in [4.69, 9.17) is 4.74 Å². The smallest absolute Gasteiger partial charge is 0.296 e. The molecule has 6 nitrogen and oxygen atoms in total. The highest BCUT2D eigenvalue weighted by molar-refractivity contribution is 9.10. The normalized spacial score (nSPS) is 22.2. The van der Waals surface area contributed by atoms with E-state index in [2.05, 4.69) is 20.8 Å². The van der Waals surface area contributed by atoms with Crippen LogP contribution in [0.4, 0.5) is 0 Å². The first-order valence-corrected chi connectivity index (χ1v) is 10.2. The summed E-state index contributed by atoms with van der Waals surface area (Å²) < 4.78 is 6.29. The van der Waals surface area contributed by atoms with Crippen LogP contribution in [0.25, 0.3) is 5.76 Å². The summed E-state index contributed by atoms with van der Waals surface area (Å²) in [6, 6.07) is 15.7. The summed E-state index contributed by atoms with van der Waals surface area (Å²) in [5.41, 5.74) is 1.41. The molecule has 0 unspecified atom stereocenters. The van der Waals surface area contributed by atoms with Gasteiger partial charge in [0.15, 0.2) is 0 Å².